The van der Waals surface area contributed by atoms with E-state index in [0.717, 1.165) is 13.0 Å². The van der Waals surface area contributed by atoms with E-state index in [9.17, 15) is 22.8 Å². The average molecular weight is 519 g/mol. The fourth-order valence-corrected chi connectivity index (χ4v) is 4.10. The lowest BCUT2D eigenvalue weighted by atomic mass is 9.95. The number of anilines is 1. The first-order valence-electron chi connectivity index (χ1n) is 11.6. The summed E-state index contributed by atoms with van der Waals surface area (Å²) < 4.78 is 47.4. The first kappa shape index (κ1) is 27.7. The van der Waals surface area contributed by atoms with Crippen LogP contribution in [0.2, 0.25) is 0 Å². The number of nitrogens with zero attached hydrogens (tertiary/aromatic N) is 3. The van der Waals surface area contributed by atoms with Crippen molar-refractivity contribution in [1.82, 2.24) is 15.1 Å². The normalized spacial score (nSPS) is 19.0. The highest BCUT2D eigenvalue weighted by atomic mass is 19.2. The number of aromatic carboxylic acids is 1. The molecule has 8 nitrogen and oxygen atoms in total. The second kappa shape index (κ2) is 11.5. The maximum absolute atomic E-state index is 14.5. The number of hydrogen-bond acceptors (Lipinski definition) is 5. The molecule has 1 unspecified atom stereocenters. The number of aromatic nitrogens is 2. The van der Waals surface area contributed by atoms with E-state index in [1.807, 2.05) is 18.9 Å². The molecule has 0 aliphatic carbocycles. The number of cyclic esters (lactones) is 1. The van der Waals surface area contributed by atoms with Gasteiger partial charge >= 0.3 is 12.1 Å². The zero-order chi connectivity index (χ0) is 27.3. The number of carbonyl (C=O) groups is 2. The molecule has 11 heteroatoms. The summed E-state index contributed by atoms with van der Waals surface area (Å²) in [6.45, 7) is 7.33. The Morgan fingerprint density at radius 2 is 1.97 bits per heavy atom. The van der Waals surface area contributed by atoms with Gasteiger partial charge in [0.2, 0.25) is 0 Å². The topological polar surface area (TPSA) is 98.8 Å². The van der Waals surface area contributed by atoms with E-state index in [1.54, 1.807) is 12.1 Å². The lowest BCUT2D eigenvalue weighted by Gasteiger charge is -2.28. The second-order valence-corrected chi connectivity index (χ2v) is 8.88. The number of amides is 1. The minimum absolute atomic E-state index is 0.117. The van der Waals surface area contributed by atoms with Gasteiger partial charge in [-0.25, -0.2) is 22.8 Å². The van der Waals surface area contributed by atoms with Gasteiger partial charge in [0.15, 0.2) is 11.7 Å². The van der Waals surface area contributed by atoms with E-state index in [4.69, 9.17) is 9.84 Å². The molecule has 3 rings (SSSR count). The Balaban J connectivity index is 1.70. The van der Waals surface area contributed by atoms with Gasteiger partial charge in [0.05, 0.1) is 24.0 Å². The smallest absolute Gasteiger partial charge is 0.415 e. The summed E-state index contributed by atoms with van der Waals surface area (Å²) in [5, 5.41) is 15.6. The zero-order valence-corrected chi connectivity index (χ0v) is 20.9. The summed E-state index contributed by atoms with van der Waals surface area (Å²) in [6, 6.07) is 5.99. The molecule has 1 aromatic heterocycles. The quantitative estimate of drug-likeness (QED) is 0.367. The fourth-order valence-electron chi connectivity index (χ4n) is 4.10. The molecule has 1 aliphatic heterocycles. The van der Waals surface area contributed by atoms with Crippen molar-refractivity contribution in [3.8, 4) is 0 Å². The van der Waals surface area contributed by atoms with E-state index >= 15 is 0 Å². The fraction of sp³-hybridized carbons (Fsp3) is 0.346. The van der Waals surface area contributed by atoms with Crippen LogP contribution in [0.3, 0.4) is 0 Å². The summed E-state index contributed by atoms with van der Waals surface area (Å²) in [5.74, 6) is -5.31. The van der Waals surface area contributed by atoms with Crippen LogP contribution in [0.25, 0.3) is 5.57 Å². The Bertz CT molecular complexity index is 1230. The van der Waals surface area contributed by atoms with Crippen LogP contribution in [0, 0.1) is 0 Å². The van der Waals surface area contributed by atoms with Gasteiger partial charge in [0.25, 0.3) is 0 Å². The molecular formula is C26H29F3N4O4. The van der Waals surface area contributed by atoms with E-state index < -0.39 is 35.1 Å². The van der Waals surface area contributed by atoms with Gasteiger partial charge in [-0.3, -0.25) is 10.00 Å². The van der Waals surface area contributed by atoms with Crippen LogP contribution in [0.4, 0.5) is 23.7 Å². The molecule has 1 atom stereocenters. The Hall–Kier alpha value is -3.86. The SMILES string of the molecule is C=C/C(=C(F)\C(F)=C(/C)F)c1[nH]ncc1CN(C)CCC1(CC)CN(c2ccc(C(=O)O)cc2)C(=O)O1. The molecule has 1 saturated heterocycles. The Morgan fingerprint density at radius 3 is 2.54 bits per heavy atom. The van der Waals surface area contributed by atoms with Gasteiger partial charge in [-0.1, -0.05) is 19.6 Å². The maximum Gasteiger partial charge on any atom is 0.415 e. The highest BCUT2D eigenvalue weighted by Crippen LogP contribution is 2.34. The van der Waals surface area contributed by atoms with Crippen LogP contribution in [-0.2, 0) is 11.3 Å². The average Bonchev–Trinajstić information content (AvgIpc) is 3.47. The molecule has 0 saturated carbocycles. The standard InChI is InChI=1S/C26H29F3N4O4/c1-5-20(22(29)21(28)16(3)27)23-18(13-30-31-23)14-32(4)12-11-26(6-2)15-33(25(36)37-26)19-9-7-17(8-10-19)24(34)35/h5,7-10,13H,1,6,11-12,14-15H2,2-4H3,(H,30,31)(H,34,35)/b21-16-,22-20-. The molecule has 2 heterocycles. The van der Waals surface area contributed by atoms with E-state index in [2.05, 4.69) is 16.8 Å². The molecule has 1 aromatic carbocycles. The lowest BCUT2D eigenvalue weighted by molar-refractivity contribution is 0.0385. The number of carboxylic acid groups (broad SMARTS) is 1. The predicted molar refractivity (Wildman–Crippen MR) is 133 cm³/mol. The number of aromatic amines is 1. The predicted octanol–water partition coefficient (Wildman–Crippen LogP) is 5.77. The molecule has 37 heavy (non-hydrogen) atoms. The molecule has 0 radical (unpaired) electrons. The zero-order valence-electron chi connectivity index (χ0n) is 20.9. The molecule has 0 spiro atoms. The van der Waals surface area contributed by atoms with Gasteiger partial charge in [-0.05, 0) is 44.7 Å². The number of carboxylic acids is 1. The van der Waals surface area contributed by atoms with E-state index in [1.165, 1.54) is 23.2 Å². The van der Waals surface area contributed by atoms with Crippen molar-refractivity contribution in [2.75, 3.05) is 25.0 Å². The molecule has 1 fully saturated rings. The van der Waals surface area contributed by atoms with Crippen molar-refractivity contribution in [2.45, 2.75) is 38.8 Å². The monoisotopic (exact) mass is 518 g/mol. The number of rotatable bonds is 11. The summed E-state index contributed by atoms with van der Waals surface area (Å²) in [6.07, 6.45) is 3.09. The third-order valence-corrected chi connectivity index (χ3v) is 6.35. The number of benzene rings is 1. The lowest BCUT2D eigenvalue weighted by Crippen LogP contribution is -2.37. The largest absolute Gasteiger partial charge is 0.478 e. The van der Waals surface area contributed by atoms with Gasteiger partial charge in [-0.15, -0.1) is 0 Å². The highest BCUT2D eigenvalue weighted by molar-refractivity contribution is 5.92. The Morgan fingerprint density at radius 1 is 1.30 bits per heavy atom. The Kier molecular flexibility index (Phi) is 8.59. The van der Waals surface area contributed by atoms with Gasteiger partial charge in [0.1, 0.15) is 11.4 Å². The molecule has 1 amide bonds. The van der Waals surface area contributed by atoms with E-state index in [0.29, 0.717) is 43.7 Å². The van der Waals surface area contributed by atoms with Crippen LogP contribution in [-0.4, -0.2) is 58.0 Å². The minimum atomic E-state index is -1.60. The van der Waals surface area contributed by atoms with Crippen molar-refractivity contribution in [3.63, 3.8) is 0 Å². The van der Waals surface area contributed by atoms with Gasteiger partial charge in [0, 0.05) is 36.3 Å². The van der Waals surface area contributed by atoms with E-state index in [-0.39, 0.29) is 16.8 Å². The van der Waals surface area contributed by atoms with Crippen molar-refractivity contribution in [1.29, 1.82) is 0 Å². The van der Waals surface area contributed by atoms with Crippen molar-refractivity contribution in [3.05, 3.63) is 77.4 Å². The first-order chi connectivity index (χ1) is 17.5. The molecule has 0 bridgehead atoms. The summed E-state index contributed by atoms with van der Waals surface area (Å²) in [7, 11) is 1.82. The molecular weight excluding hydrogens is 489 g/mol. The highest BCUT2D eigenvalue weighted by Gasteiger charge is 2.44. The second-order valence-electron chi connectivity index (χ2n) is 8.88. The van der Waals surface area contributed by atoms with Crippen LogP contribution < -0.4 is 4.90 Å². The van der Waals surface area contributed by atoms with Gasteiger partial charge < -0.3 is 14.7 Å². The molecule has 2 N–H and O–H groups in total. The minimum Gasteiger partial charge on any atom is -0.478 e. The van der Waals surface area contributed by atoms with Crippen molar-refractivity contribution in [2.24, 2.45) is 0 Å². The molecule has 2 aromatic rings. The number of allylic oxidation sites excluding steroid dienone is 5. The number of hydrogen-bond donors (Lipinski definition) is 2. The molecule has 1 aliphatic rings. The summed E-state index contributed by atoms with van der Waals surface area (Å²) >= 11 is 0. The van der Waals surface area contributed by atoms with Crippen molar-refractivity contribution >= 4 is 23.3 Å². The van der Waals surface area contributed by atoms with Crippen LogP contribution in [0.1, 0.15) is 48.3 Å². The van der Waals surface area contributed by atoms with Crippen molar-refractivity contribution < 1.29 is 32.6 Å². The summed E-state index contributed by atoms with van der Waals surface area (Å²) in [4.78, 5) is 27.1. The summed E-state index contributed by atoms with van der Waals surface area (Å²) in [5.41, 5.74) is 0.384. The van der Waals surface area contributed by atoms with Crippen LogP contribution in [0.5, 0.6) is 0 Å². The third kappa shape index (κ3) is 6.11. The molecule has 198 valence electrons. The number of H-pyrrole nitrogens is 1. The maximum atomic E-state index is 14.5. The first-order valence-corrected chi connectivity index (χ1v) is 11.6. The number of ether oxygens (including phenoxy) is 1. The Labute approximate surface area is 212 Å². The number of halogens is 3. The van der Waals surface area contributed by atoms with Crippen LogP contribution >= 0.6 is 0 Å². The third-order valence-electron chi connectivity index (χ3n) is 6.35. The van der Waals surface area contributed by atoms with Crippen LogP contribution in [0.15, 0.2) is 60.6 Å². The van der Waals surface area contributed by atoms with Gasteiger partial charge in [-0.2, -0.15) is 5.10 Å². The number of nitrogens with one attached hydrogen (secondary N) is 1. The number of carbonyl (C=O) groups excluding carboxylic acids is 1.